The molecule has 3 amide bonds. The molecule has 2 rings (SSSR count). The Morgan fingerprint density at radius 3 is 2.19 bits per heavy atom. The summed E-state index contributed by atoms with van der Waals surface area (Å²) in [5.41, 5.74) is -1.22. The third kappa shape index (κ3) is 5.20. The van der Waals surface area contributed by atoms with Gasteiger partial charge in [-0.1, -0.05) is 6.07 Å². The van der Waals surface area contributed by atoms with E-state index >= 15 is 0 Å². The number of rotatable bonds is 4. The Balaban J connectivity index is 2.18. The van der Waals surface area contributed by atoms with Crippen molar-refractivity contribution in [2.24, 2.45) is 0 Å². The monoisotopic (exact) mass is 401 g/mol. The van der Waals surface area contributed by atoms with E-state index in [0.29, 0.717) is 11.8 Å². The molecule has 27 heavy (non-hydrogen) atoms. The van der Waals surface area contributed by atoms with Crippen LogP contribution in [0.4, 0.5) is 23.7 Å². The molecule has 11 heteroatoms. The maximum Gasteiger partial charge on any atom is 0.416 e. The second kappa shape index (κ2) is 7.66. The molecule has 0 atom stereocenters. The molecule has 0 fully saturated rings. The standard InChI is InChI=1S/C16H14F3N3O4S/c1-20-15(24)21-12-5-7-13(8-6-12)27(25,26)22-14(23)10-3-2-4-11(9-10)16(17,18)19/h2-9H,1H3,(H,22,23)(H2,20,21,24). The van der Waals surface area contributed by atoms with Gasteiger partial charge >= 0.3 is 12.2 Å². The summed E-state index contributed by atoms with van der Waals surface area (Å²) in [6, 6.07) is 7.73. The van der Waals surface area contributed by atoms with Gasteiger partial charge in [-0.3, -0.25) is 4.79 Å². The van der Waals surface area contributed by atoms with Crippen LogP contribution >= 0.6 is 0 Å². The van der Waals surface area contributed by atoms with Crippen LogP contribution in [0.25, 0.3) is 0 Å². The number of urea groups is 1. The molecule has 2 aromatic carbocycles. The van der Waals surface area contributed by atoms with E-state index in [2.05, 4.69) is 10.6 Å². The zero-order valence-corrected chi connectivity index (χ0v) is 14.6. The summed E-state index contributed by atoms with van der Waals surface area (Å²) in [7, 11) is -2.92. The van der Waals surface area contributed by atoms with Gasteiger partial charge in [-0.05, 0) is 42.5 Å². The number of alkyl halides is 3. The first-order valence-corrected chi connectivity index (χ1v) is 8.84. The molecule has 0 aliphatic rings. The highest BCUT2D eigenvalue weighted by atomic mass is 32.2. The SMILES string of the molecule is CNC(=O)Nc1ccc(S(=O)(=O)NC(=O)c2cccc(C(F)(F)F)c2)cc1. The summed E-state index contributed by atoms with van der Waals surface area (Å²) in [4.78, 5) is 22.9. The molecule has 0 bridgehead atoms. The summed E-state index contributed by atoms with van der Waals surface area (Å²) in [5, 5.41) is 4.73. The van der Waals surface area contributed by atoms with Crippen molar-refractivity contribution in [3.8, 4) is 0 Å². The highest BCUT2D eigenvalue weighted by Crippen LogP contribution is 2.29. The molecule has 144 valence electrons. The maximum atomic E-state index is 12.7. The van der Waals surface area contributed by atoms with Crippen molar-refractivity contribution in [3.05, 3.63) is 59.7 Å². The van der Waals surface area contributed by atoms with Crippen molar-refractivity contribution >= 4 is 27.6 Å². The highest BCUT2D eigenvalue weighted by molar-refractivity contribution is 7.90. The number of carbonyl (C=O) groups is 2. The number of halogens is 3. The highest BCUT2D eigenvalue weighted by Gasteiger charge is 2.31. The fourth-order valence-electron chi connectivity index (χ4n) is 1.99. The van der Waals surface area contributed by atoms with Crippen molar-refractivity contribution in [2.75, 3.05) is 12.4 Å². The van der Waals surface area contributed by atoms with E-state index in [1.807, 2.05) is 0 Å². The van der Waals surface area contributed by atoms with Crippen LogP contribution in [0, 0.1) is 0 Å². The lowest BCUT2D eigenvalue weighted by atomic mass is 10.1. The predicted molar refractivity (Wildman–Crippen MR) is 90.6 cm³/mol. The molecule has 0 saturated carbocycles. The molecule has 2 aromatic rings. The van der Waals surface area contributed by atoms with Crippen molar-refractivity contribution in [3.63, 3.8) is 0 Å². The van der Waals surface area contributed by atoms with Crippen LogP contribution in [0.15, 0.2) is 53.4 Å². The lowest BCUT2D eigenvalue weighted by Crippen LogP contribution is -2.30. The van der Waals surface area contributed by atoms with Crippen LogP contribution in [0.2, 0.25) is 0 Å². The second-order valence-corrected chi connectivity index (χ2v) is 6.92. The van der Waals surface area contributed by atoms with E-state index in [4.69, 9.17) is 0 Å². The van der Waals surface area contributed by atoms with Crippen molar-refractivity contribution < 1.29 is 31.2 Å². The fraction of sp³-hybridized carbons (Fsp3) is 0.125. The van der Waals surface area contributed by atoms with Gasteiger partial charge in [0, 0.05) is 18.3 Å². The third-order valence-corrected chi connectivity index (χ3v) is 4.68. The number of sulfonamides is 1. The van der Waals surface area contributed by atoms with Gasteiger partial charge in [0.1, 0.15) is 0 Å². The number of anilines is 1. The normalized spacial score (nSPS) is 11.6. The molecule has 0 radical (unpaired) electrons. The lowest BCUT2D eigenvalue weighted by molar-refractivity contribution is -0.137. The average molecular weight is 401 g/mol. The first-order chi connectivity index (χ1) is 12.5. The molecular formula is C16H14F3N3O4S. The maximum absolute atomic E-state index is 12.7. The Morgan fingerprint density at radius 2 is 1.63 bits per heavy atom. The van der Waals surface area contributed by atoms with E-state index in [-0.39, 0.29) is 4.90 Å². The molecule has 0 spiro atoms. The van der Waals surface area contributed by atoms with Gasteiger partial charge in [-0.25, -0.2) is 17.9 Å². The largest absolute Gasteiger partial charge is 0.416 e. The smallest absolute Gasteiger partial charge is 0.341 e. The van der Waals surface area contributed by atoms with Crippen LogP contribution in [-0.4, -0.2) is 27.4 Å². The number of nitrogens with one attached hydrogen (secondary N) is 3. The van der Waals surface area contributed by atoms with Crippen LogP contribution in [-0.2, 0) is 16.2 Å². The molecule has 7 nitrogen and oxygen atoms in total. The molecule has 0 aliphatic heterocycles. The van der Waals surface area contributed by atoms with Gasteiger partial charge in [0.2, 0.25) is 0 Å². The zero-order chi connectivity index (χ0) is 20.2. The van der Waals surface area contributed by atoms with Crippen molar-refractivity contribution in [2.45, 2.75) is 11.1 Å². The summed E-state index contributed by atoms with van der Waals surface area (Å²) >= 11 is 0. The minimum Gasteiger partial charge on any atom is -0.341 e. The average Bonchev–Trinajstić information content (AvgIpc) is 2.61. The van der Waals surface area contributed by atoms with E-state index in [0.717, 1.165) is 30.3 Å². The van der Waals surface area contributed by atoms with Gasteiger partial charge in [0.15, 0.2) is 0 Å². The van der Waals surface area contributed by atoms with Gasteiger partial charge in [0.05, 0.1) is 10.5 Å². The number of hydrogen-bond donors (Lipinski definition) is 3. The van der Waals surface area contributed by atoms with E-state index in [1.165, 1.54) is 19.2 Å². The van der Waals surface area contributed by atoms with Crippen LogP contribution in [0.1, 0.15) is 15.9 Å². The quantitative estimate of drug-likeness (QED) is 0.732. The Labute approximate surface area is 152 Å². The van der Waals surface area contributed by atoms with E-state index in [9.17, 15) is 31.2 Å². The van der Waals surface area contributed by atoms with E-state index in [1.54, 1.807) is 4.72 Å². The van der Waals surface area contributed by atoms with Gasteiger partial charge in [-0.15, -0.1) is 0 Å². The molecule has 0 aliphatic carbocycles. The minimum absolute atomic E-state index is 0.301. The van der Waals surface area contributed by atoms with Crippen molar-refractivity contribution in [1.82, 2.24) is 10.0 Å². The van der Waals surface area contributed by atoms with Gasteiger partial charge in [0.25, 0.3) is 15.9 Å². The van der Waals surface area contributed by atoms with Gasteiger partial charge in [-0.2, -0.15) is 13.2 Å². The third-order valence-electron chi connectivity index (χ3n) is 3.33. The summed E-state index contributed by atoms with van der Waals surface area (Å²) in [6.45, 7) is 0. The summed E-state index contributed by atoms with van der Waals surface area (Å²) in [5.74, 6) is -1.20. The second-order valence-electron chi connectivity index (χ2n) is 5.24. The molecule has 0 saturated heterocycles. The molecular weight excluding hydrogens is 387 g/mol. The molecule has 0 aromatic heterocycles. The van der Waals surface area contributed by atoms with Crippen molar-refractivity contribution in [1.29, 1.82) is 0 Å². The Morgan fingerprint density at radius 1 is 1.00 bits per heavy atom. The Kier molecular flexibility index (Phi) is 5.74. The number of benzene rings is 2. The number of amides is 3. The van der Waals surface area contributed by atoms with Crippen LogP contribution in [0.5, 0.6) is 0 Å². The predicted octanol–water partition coefficient (Wildman–Crippen LogP) is 2.58. The topological polar surface area (TPSA) is 104 Å². The first kappa shape index (κ1) is 20.2. The van der Waals surface area contributed by atoms with Gasteiger partial charge < -0.3 is 10.6 Å². The number of carbonyl (C=O) groups excluding carboxylic acids is 2. The first-order valence-electron chi connectivity index (χ1n) is 7.36. The van der Waals surface area contributed by atoms with Crippen LogP contribution < -0.4 is 15.4 Å². The Hall–Kier alpha value is -3.08. The molecule has 0 unspecified atom stereocenters. The van der Waals surface area contributed by atoms with Crippen LogP contribution in [0.3, 0.4) is 0 Å². The summed E-state index contributed by atoms with van der Waals surface area (Å²) < 4.78 is 64.3. The summed E-state index contributed by atoms with van der Waals surface area (Å²) in [6.07, 6.45) is -4.66. The number of hydrogen-bond acceptors (Lipinski definition) is 4. The Bertz CT molecular complexity index is 958. The zero-order valence-electron chi connectivity index (χ0n) is 13.8. The molecule has 3 N–H and O–H groups in total. The minimum atomic E-state index is -4.66. The lowest BCUT2D eigenvalue weighted by Gasteiger charge is -2.10. The molecule has 0 heterocycles. The fourth-order valence-corrected chi connectivity index (χ4v) is 2.96. The van der Waals surface area contributed by atoms with E-state index < -0.39 is 39.3 Å².